The predicted octanol–water partition coefficient (Wildman–Crippen LogP) is -0.728. The third kappa shape index (κ3) is 6.61. The highest BCUT2D eigenvalue weighted by Gasteiger charge is 1.84. The van der Waals surface area contributed by atoms with Crippen LogP contribution < -0.4 is 0 Å². The second kappa shape index (κ2) is 4.76. The number of carboxylic acids is 1. The van der Waals surface area contributed by atoms with Crippen LogP contribution in [0.3, 0.4) is 0 Å². The molecule has 0 aromatic heterocycles. The highest BCUT2D eigenvalue weighted by molar-refractivity contribution is 6.21. The number of nitrogens with zero attached hydrogens (tertiary/aromatic N) is 1. The minimum Gasteiger partial charge on any atom is -0.477 e. The Bertz CT molecular complexity index is 131. The molecule has 0 aliphatic rings. The van der Waals surface area contributed by atoms with Gasteiger partial charge < -0.3 is 9.94 Å². The Hall–Kier alpha value is -1.39. The standard InChI is InChI=1S/C4H5NO4/c6-1-2-9-5-3-4(7)8/h1,3H,2H2,(H,7,8). The first-order chi connectivity index (χ1) is 4.27. The zero-order valence-electron chi connectivity index (χ0n) is 4.48. The van der Waals surface area contributed by atoms with E-state index < -0.39 is 5.97 Å². The van der Waals surface area contributed by atoms with E-state index in [9.17, 15) is 9.59 Å². The van der Waals surface area contributed by atoms with Crippen LogP contribution in [0, 0.1) is 0 Å². The summed E-state index contributed by atoms with van der Waals surface area (Å²) < 4.78 is 0. The molecule has 0 amide bonds. The maximum absolute atomic E-state index is 9.64. The Morgan fingerprint density at radius 1 is 1.78 bits per heavy atom. The van der Waals surface area contributed by atoms with Crippen molar-refractivity contribution in [2.24, 2.45) is 5.16 Å². The van der Waals surface area contributed by atoms with Gasteiger partial charge in [0.15, 0.2) is 19.1 Å². The SMILES string of the molecule is O=CCON=CC(=O)O. The predicted molar refractivity (Wildman–Crippen MR) is 28.1 cm³/mol. The lowest BCUT2D eigenvalue weighted by Crippen LogP contribution is -1.96. The summed E-state index contributed by atoms with van der Waals surface area (Å²) in [5, 5.41) is 10.8. The van der Waals surface area contributed by atoms with Crippen LogP contribution in [0.15, 0.2) is 5.16 Å². The number of hydrogen-bond donors (Lipinski definition) is 1. The number of hydrogen-bond acceptors (Lipinski definition) is 4. The Balaban J connectivity index is 3.24. The van der Waals surface area contributed by atoms with Crippen LogP contribution in [0.25, 0.3) is 0 Å². The zero-order valence-corrected chi connectivity index (χ0v) is 4.48. The molecular formula is C4H5NO4. The normalized spacial score (nSPS) is 9.33. The summed E-state index contributed by atoms with van der Waals surface area (Å²) in [5.41, 5.74) is 0. The third-order valence-electron chi connectivity index (χ3n) is 0.380. The summed E-state index contributed by atoms with van der Waals surface area (Å²) in [6.07, 6.45) is 1.03. The Kier molecular flexibility index (Phi) is 4.03. The van der Waals surface area contributed by atoms with Crippen LogP contribution >= 0.6 is 0 Å². The van der Waals surface area contributed by atoms with Crippen molar-refractivity contribution in [1.29, 1.82) is 0 Å². The van der Waals surface area contributed by atoms with E-state index in [-0.39, 0.29) is 6.61 Å². The molecular weight excluding hydrogens is 126 g/mol. The van der Waals surface area contributed by atoms with Crippen LogP contribution in [0.1, 0.15) is 0 Å². The van der Waals surface area contributed by atoms with Gasteiger partial charge in [-0.2, -0.15) is 0 Å². The molecule has 0 saturated carbocycles. The fourth-order valence-electron chi connectivity index (χ4n) is 0.156. The van der Waals surface area contributed by atoms with Gasteiger partial charge in [-0.15, -0.1) is 0 Å². The van der Waals surface area contributed by atoms with Gasteiger partial charge >= 0.3 is 5.97 Å². The largest absolute Gasteiger partial charge is 0.477 e. The van der Waals surface area contributed by atoms with Crippen LogP contribution in [0.4, 0.5) is 0 Å². The molecule has 0 rings (SSSR count). The average Bonchev–Trinajstić information content (AvgIpc) is 1.80. The van der Waals surface area contributed by atoms with Gasteiger partial charge in [-0.05, 0) is 0 Å². The lowest BCUT2D eigenvalue weighted by Gasteiger charge is -1.85. The topological polar surface area (TPSA) is 76.0 Å². The lowest BCUT2D eigenvalue weighted by atomic mass is 10.8. The number of rotatable bonds is 4. The van der Waals surface area contributed by atoms with Crippen LogP contribution in [-0.2, 0) is 14.4 Å². The van der Waals surface area contributed by atoms with Crippen molar-refractivity contribution < 1.29 is 19.5 Å². The molecule has 5 heteroatoms. The minimum absolute atomic E-state index is 0.218. The van der Waals surface area contributed by atoms with Gasteiger partial charge in [0, 0.05) is 0 Å². The molecule has 50 valence electrons. The van der Waals surface area contributed by atoms with E-state index in [0.717, 1.165) is 0 Å². The number of carbonyl (C=O) groups excluding carboxylic acids is 1. The first kappa shape index (κ1) is 7.61. The summed E-state index contributed by atoms with van der Waals surface area (Å²) in [4.78, 5) is 23.3. The van der Waals surface area contributed by atoms with Crippen molar-refractivity contribution >= 4 is 18.5 Å². The van der Waals surface area contributed by atoms with Crippen molar-refractivity contribution in [3.8, 4) is 0 Å². The molecule has 0 aromatic carbocycles. The maximum atomic E-state index is 9.64. The number of oxime groups is 1. The molecule has 0 aliphatic carbocycles. The summed E-state index contributed by atoms with van der Waals surface area (Å²) in [5.74, 6) is -1.21. The van der Waals surface area contributed by atoms with Crippen molar-refractivity contribution in [1.82, 2.24) is 0 Å². The zero-order chi connectivity index (χ0) is 7.11. The highest BCUT2D eigenvalue weighted by atomic mass is 16.6. The second-order valence-corrected chi connectivity index (χ2v) is 1.04. The maximum Gasteiger partial charge on any atom is 0.350 e. The quantitative estimate of drug-likeness (QED) is 0.236. The average molecular weight is 131 g/mol. The van der Waals surface area contributed by atoms with E-state index in [1.54, 1.807) is 0 Å². The molecule has 0 heterocycles. The van der Waals surface area contributed by atoms with Crippen LogP contribution in [0.2, 0.25) is 0 Å². The Labute approximate surface area is 50.9 Å². The fourth-order valence-corrected chi connectivity index (χ4v) is 0.156. The first-order valence-electron chi connectivity index (χ1n) is 2.09. The molecule has 5 nitrogen and oxygen atoms in total. The molecule has 0 bridgehead atoms. The van der Waals surface area contributed by atoms with Crippen molar-refractivity contribution in [3.63, 3.8) is 0 Å². The van der Waals surface area contributed by atoms with Crippen molar-refractivity contribution in [3.05, 3.63) is 0 Å². The van der Waals surface area contributed by atoms with E-state index in [1.807, 2.05) is 0 Å². The molecule has 0 aliphatic heterocycles. The van der Waals surface area contributed by atoms with Gasteiger partial charge in [0.25, 0.3) is 0 Å². The van der Waals surface area contributed by atoms with Gasteiger partial charge in [-0.1, -0.05) is 5.16 Å². The summed E-state index contributed by atoms with van der Waals surface area (Å²) >= 11 is 0. The monoisotopic (exact) mass is 131 g/mol. The molecule has 0 saturated heterocycles. The highest BCUT2D eigenvalue weighted by Crippen LogP contribution is 1.68. The van der Waals surface area contributed by atoms with E-state index in [1.165, 1.54) is 0 Å². The summed E-state index contributed by atoms with van der Waals surface area (Å²) in [6.45, 7) is -0.218. The third-order valence-corrected chi connectivity index (χ3v) is 0.380. The number of aldehydes is 1. The van der Waals surface area contributed by atoms with Gasteiger partial charge in [-0.3, -0.25) is 4.79 Å². The van der Waals surface area contributed by atoms with Crippen LogP contribution in [-0.4, -0.2) is 30.2 Å². The summed E-state index contributed by atoms with van der Waals surface area (Å²) in [7, 11) is 0. The van der Waals surface area contributed by atoms with E-state index in [4.69, 9.17) is 5.11 Å². The molecule has 0 aromatic rings. The molecule has 0 radical (unpaired) electrons. The van der Waals surface area contributed by atoms with E-state index in [2.05, 4.69) is 9.99 Å². The first-order valence-corrected chi connectivity index (χ1v) is 2.09. The summed E-state index contributed by atoms with van der Waals surface area (Å²) in [6, 6.07) is 0. The van der Waals surface area contributed by atoms with E-state index in [0.29, 0.717) is 12.5 Å². The molecule has 0 unspecified atom stereocenters. The Morgan fingerprint density at radius 3 is 2.89 bits per heavy atom. The van der Waals surface area contributed by atoms with Crippen molar-refractivity contribution in [2.45, 2.75) is 0 Å². The van der Waals surface area contributed by atoms with Gasteiger partial charge in [-0.25, -0.2) is 4.79 Å². The van der Waals surface area contributed by atoms with Crippen molar-refractivity contribution in [2.75, 3.05) is 6.61 Å². The van der Waals surface area contributed by atoms with Gasteiger partial charge in [0.2, 0.25) is 0 Å². The second-order valence-electron chi connectivity index (χ2n) is 1.04. The number of aliphatic carboxylic acids is 1. The molecule has 0 fully saturated rings. The lowest BCUT2D eigenvalue weighted by molar-refractivity contribution is -0.129. The fraction of sp³-hybridized carbons (Fsp3) is 0.250. The van der Waals surface area contributed by atoms with Gasteiger partial charge in [0.05, 0.1) is 0 Å². The van der Waals surface area contributed by atoms with Crippen LogP contribution in [0.5, 0.6) is 0 Å². The molecule has 1 N–H and O–H groups in total. The molecule has 0 atom stereocenters. The number of carbonyl (C=O) groups is 2. The molecule has 9 heavy (non-hydrogen) atoms. The molecule has 0 spiro atoms. The smallest absolute Gasteiger partial charge is 0.350 e. The minimum atomic E-state index is -1.21. The van der Waals surface area contributed by atoms with Gasteiger partial charge in [0.1, 0.15) is 0 Å². The Morgan fingerprint density at radius 2 is 2.44 bits per heavy atom. The number of carboxylic acid groups (broad SMARTS) is 1. The van der Waals surface area contributed by atoms with E-state index >= 15 is 0 Å².